The van der Waals surface area contributed by atoms with Gasteiger partial charge in [-0.05, 0) is 25.2 Å². The van der Waals surface area contributed by atoms with E-state index in [1.165, 1.54) is 0 Å². The number of carboxylic acids is 1. The maximum Gasteiger partial charge on any atom is 0.329 e. The highest BCUT2D eigenvalue weighted by Gasteiger charge is 2.42. The molecule has 1 aliphatic rings. The number of ether oxygens (including phenoxy) is 1. The van der Waals surface area contributed by atoms with E-state index in [1.54, 1.807) is 0 Å². The molecule has 5 heteroatoms. The van der Waals surface area contributed by atoms with Gasteiger partial charge in [0.25, 0.3) is 0 Å². The Morgan fingerprint density at radius 1 is 1.42 bits per heavy atom. The molecule has 0 aliphatic heterocycles. The van der Waals surface area contributed by atoms with Crippen LogP contribution in [-0.2, 0) is 14.3 Å². The Labute approximate surface area is 114 Å². The van der Waals surface area contributed by atoms with Gasteiger partial charge in [-0.15, -0.1) is 0 Å². The highest BCUT2D eigenvalue weighted by atomic mass is 16.5. The molecule has 0 heterocycles. The number of carbonyl (C=O) groups excluding carboxylic acids is 1. The third kappa shape index (κ3) is 4.82. The van der Waals surface area contributed by atoms with Gasteiger partial charge in [-0.2, -0.15) is 0 Å². The Morgan fingerprint density at radius 3 is 2.74 bits per heavy atom. The zero-order chi connectivity index (χ0) is 14.3. The lowest BCUT2D eigenvalue weighted by atomic mass is 9.76. The van der Waals surface area contributed by atoms with Crippen LogP contribution in [0.4, 0.5) is 0 Å². The van der Waals surface area contributed by atoms with Crippen molar-refractivity contribution in [2.45, 2.75) is 57.9 Å². The average molecular weight is 271 g/mol. The quantitative estimate of drug-likeness (QED) is 0.694. The number of aliphatic carboxylic acids is 1. The normalized spacial score (nSPS) is 26.9. The first-order chi connectivity index (χ1) is 9.00. The Bertz CT molecular complexity index is 319. The predicted octanol–water partition coefficient (Wildman–Crippen LogP) is 1.95. The second-order valence-corrected chi connectivity index (χ2v) is 5.50. The SMILES string of the molecule is CCCOCCC(=O)NC1(C(=O)O)CCCC(C)C1. The van der Waals surface area contributed by atoms with Gasteiger partial charge < -0.3 is 15.2 Å². The monoisotopic (exact) mass is 271 g/mol. The maximum atomic E-state index is 11.8. The van der Waals surface area contributed by atoms with Gasteiger partial charge >= 0.3 is 5.97 Å². The minimum Gasteiger partial charge on any atom is -0.480 e. The van der Waals surface area contributed by atoms with E-state index in [0.717, 1.165) is 19.3 Å². The first-order valence-corrected chi connectivity index (χ1v) is 7.12. The molecule has 0 aromatic carbocycles. The zero-order valence-electron chi connectivity index (χ0n) is 11.9. The van der Waals surface area contributed by atoms with Crippen molar-refractivity contribution >= 4 is 11.9 Å². The van der Waals surface area contributed by atoms with E-state index in [0.29, 0.717) is 32.0 Å². The molecule has 0 bridgehead atoms. The molecule has 5 nitrogen and oxygen atoms in total. The molecule has 110 valence electrons. The van der Waals surface area contributed by atoms with Gasteiger partial charge in [-0.3, -0.25) is 4.79 Å². The van der Waals surface area contributed by atoms with E-state index >= 15 is 0 Å². The van der Waals surface area contributed by atoms with E-state index in [4.69, 9.17) is 4.74 Å². The molecule has 0 spiro atoms. The molecule has 0 aromatic heterocycles. The van der Waals surface area contributed by atoms with Crippen molar-refractivity contribution in [3.63, 3.8) is 0 Å². The van der Waals surface area contributed by atoms with E-state index in [1.807, 2.05) is 13.8 Å². The number of amides is 1. The second-order valence-electron chi connectivity index (χ2n) is 5.50. The van der Waals surface area contributed by atoms with Crippen LogP contribution in [-0.4, -0.2) is 35.7 Å². The van der Waals surface area contributed by atoms with Gasteiger partial charge in [-0.1, -0.05) is 26.7 Å². The fourth-order valence-corrected chi connectivity index (χ4v) is 2.65. The number of carbonyl (C=O) groups is 2. The molecule has 1 saturated carbocycles. The third-order valence-electron chi connectivity index (χ3n) is 3.61. The molecule has 0 saturated heterocycles. The molecule has 1 amide bonds. The van der Waals surface area contributed by atoms with Gasteiger partial charge in [0.1, 0.15) is 5.54 Å². The third-order valence-corrected chi connectivity index (χ3v) is 3.61. The van der Waals surface area contributed by atoms with Crippen molar-refractivity contribution in [2.75, 3.05) is 13.2 Å². The minimum atomic E-state index is -1.07. The molecule has 0 radical (unpaired) electrons. The lowest BCUT2D eigenvalue weighted by Crippen LogP contribution is -2.56. The smallest absolute Gasteiger partial charge is 0.329 e. The summed E-state index contributed by atoms with van der Waals surface area (Å²) in [5, 5.41) is 12.1. The summed E-state index contributed by atoms with van der Waals surface area (Å²) in [4.78, 5) is 23.3. The number of rotatable bonds is 7. The molecule has 1 fully saturated rings. The number of hydrogen-bond donors (Lipinski definition) is 2. The summed E-state index contributed by atoms with van der Waals surface area (Å²) in [5.74, 6) is -0.809. The van der Waals surface area contributed by atoms with Crippen LogP contribution in [0.2, 0.25) is 0 Å². The van der Waals surface area contributed by atoms with Crippen molar-refractivity contribution in [3.05, 3.63) is 0 Å². The molecule has 2 atom stereocenters. The zero-order valence-corrected chi connectivity index (χ0v) is 11.9. The standard InChI is InChI=1S/C14H25NO4/c1-3-8-19-9-6-12(16)15-14(13(17)18)7-4-5-11(2)10-14/h11H,3-10H2,1-2H3,(H,15,16)(H,17,18). The molecular formula is C14H25NO4. The van der Waals surface area contributed by atoms with Gasteiger partial charge in [0.2, 0.25) is 5.91 Å². The average Bonchev–Trinajstić information content (AvgIpc) is 2.34. The summed E-state index contributed by atoms with van der Waals surface area (Å²) in [6, 6.07) is 0. The van der Waals surface area contributed by atoms with Gasteiger partial charge in [0.15, 0.2) is 0 Å². The topological polar surface area (TPSA) is 75.6 Å². The van der Waals surface area contributed by atoms with Crippen LogP contribution in [0.3, 0.4) is 0 Å². The summed E-state index contributed by atoms with van der Waals surface area (Å²) in [7, 11) is 0. The molecule has 1 rings (SSSR count). The van der Waals surface area contributed by atoms with Crippen molar-refractivity contribution < 1.29 is 19.4 Å². The lowest BCUT2D eigenvalue weighted by Gasteiger charge is -2.37. The fraction of sp³-hybridized carbons (Fsp3) is 0.857. The van der Waals surface area contributed by atoms with E-state index in [2.05, 4.69) is 5.32 Å². The Kier molecular flexibility index (Phi) is 6.28. The van der Waals surface area contributed by atoms with Gasteiger partial charge in [-0.25, -0.2) is 4.79 Å². The van der Waals surface area contributed by atoms with E-state index < -0.39 is 11.5 Å². The maximum absolute atomic E-state index is 11.8. The Hall–Kier alpha value is -1.10. The highest BCUT2D eigenvalue weighted by Crippen LogP contribution is 2.32. The number of nitrogens with one attached hydrogen (secondary N) is 1. The lowest BCUT2D eigenvalue weighted by molar-refractivity contribution is -0.150. The summed E-state index contributed by atoms with van der Waals surface area (Å²) < 4.78 is 5.25. The second kappa shape index (κ2) is 7.48. The Balaban J connectivity index is 2.49. The van der Waals surface area contributed by atoms with Gasteiger partial charge in [0.05, 0.1) is 6.61 Å². The molecule has 2 unspecified atom stereocenters. The van der Waals surface area contributed by atoms with Crippen LogP contribution in [0.25, 0.3) is 0 Å². The summed E-state index contributed by atoms with van der Waals surface area (Å²) in [6.45, 7) is 5.02. The van der Waals surface area contributed by atoms with Crippen LogP contribution < -0.4 is 5.32 Å². The van der Waals surface area contributed by atoms with Crippen LogP contribution in [0.1, 0.15) is 52.4 Å². The first-order valence-electron chi connectivity index (χ1n) is 7.12. The van der Waals surface area contributed by atoms with E-state index in [-0.39, 0.29) is 12.3 Å². The molecule has 2 N–H and O–H groups in total. The van der Waals surface area contributed by atoms with Crippen molar-refractivity contribution in [1.82, 2.24) is 5.32 Å². The Morgan fingerprint density at radius 2 is 2.16 bits per heavy atom. The largest absolute Gasteiger partial charge is 0.480 e. The van der Waals surface area contributed by atoms with Crippen molar-refractivity contribution in [1.29, 1.82) is 0 Å². The van der Waals surface area contributed by atoms with E-state index in [9.17, 15) is 14.7 Å². The van der Waals surface area contributed by atoms with Crippen LogP contribution in [0.15, 0.2) is 0 Å². The number of carboxylic acid groups (broad SMARTS) is 1. The summed E-state index contributed by atoms with van der Waals surface area (Å²) >= 11 is 0. The highest BCUT2D eigenvalue weighted by molar-refractivity contribution is 5.87. The first kappa shape index (κ1) is 16.0. The fourth-order valence-electron chi connectivity index (χ4n) is 2.65. The van der Waals surface area contributed by atoms with Crippen LogP contribution >= 0.6 is 0 Å². The van der Waals surface area contributed by atoms with Crippen molar-refractivity contribution in [3.8, 4) is 0 Å². The van der Waals surface area contributed by atoms with Gasteiger partial charge in [0, 0.05) is 13.0 Å². The minimum absolute atomic E-state index is 0.226. The number of hydrogen-bond acceptors (Lipinski definition) is 3. The molecular weight excluding hydrogens is 246 g/mol. The molecule has 1 aliphatic carbocycles. The summed E-state index contributed by atoms with van der Waals surface area (Å²) in [6.07, 6.45) is 4.06. The molecule has 0 aromatic rings. The predicted molar refractivity (Wildman–Crippen MR) is 71.9 cm³/mol. The van der Waals surface area contributed by atoms with Crippen LogP contribution in [0, 0.1) is 5.92 Å². The van der Waals surface area contributed by atoms with Crippen LogP contribution in [0.5, 0.6) is 0 Å². The summed E-state index contributed by atoms with van der Waals surface area (Å²) in [5.41, 5.74) is -1.07. The van der Waals surface area contributed by atoms with Crippen molar-refractivity contribution in [2.24, 2.45) is 5.92 Å². The molecule has 19 heavy (non-hydrogen) atoms.